The van der Waals surface area contributed by atoms with Gasteiger partial charge in [-0.1, -0.05) is 28.4 Å². The minimum absolute atomic E-state index is 0.230. The predicted molar refractivity (Wildman–Crippen MR) is 63.9 cm³/mol. The number of hydrogen-bond acceptors (Lipinski definition) is 5. The van der Waals surface area contributed by atoms with Gasteiger partial charge in [0.25, 0.3) is 0 Å². The van der Waals surface area contributed by atoms with Crippen molar-refractivity contribution in [1.82, 2.24) is 4.37 Å². The highest BCUT2D eigenvalue weighted by Crippen LogP contribution is 2.31. The van der Waals surface area contributed by atoms with E-state index in [2.05, 4.69) is 9.53 Å². The molecule has 0 atom stereocenters. The third-order valence-corrected chi connectivity index (χ3v) is 4.19. The minimum Gasteiger partial charge on any atom is -0.410 e. The zero-order chi connectivity index (χ0) is 10.8. The molecule has 0 aromatic carbocycles. The molecule has 0 spiro atoms. The average molecular weight is 279 g/mol. The maximum absolute atomic E-state index is 8.95. The smallest absolute Gasteiger partial charge is 0.162 e. The van der Waals surface area contributed by atoms with E-state index in [1.54, 1.807) is 0 Å². The van der Waals surface area contributed by atoms with E-state index in [9.17, 15) is 0 Å². The van der Waals surface area contributed by atoms with E-state index in [0.717, 1.165) is 17.1 Å². The van der Waals surface area contributed by atoms with E-state index in [4.69, 9.17) is 28.4 Å². The van der Waals surface area contributed by atoms with Gasteiger partial charge in [-0.3, -0.25) is 0 Å². The summed E-state index contributed by atoms with van der Waals surface area (Å²) < 4.78 is 3.88. The Labute approximate surface area is 104 Å². The van der Waals surface area contributed by atoms with Crippen molar-refractivity contribution >= 4 is 51.8 Å². The van der Waals surface area contributed by atoms with E-state index < -0.39 is 0 Å². The average Bonchev–Trinajstić information content (AvgIpc) is 2.84. The van der Waals surface area contributed by atoms with Crippen LogP contribution in [0.2, 0.25) is 10.2 Å². The van der Waals surface area contributed by atoms with E-state index in [-0.39, 0.29) is 5.15 Å². The summed E-state index contributed by atoms with van der Waals surface area (Å²) in [4.78, 5) is 0.572. The molecule has 0 unspecified atom stereocenters. The van der Waals surface area contributed by atoms with Crippen LogP contribution in [0.4, 0.5) is 0 Å². The molecule has 0 radical (unpaired) electrons. The van der Waals surface area contributed by atoms with Crippen LogP contribution in [0.15, 0.2) is 22.0 Å². The van der Waals surface area contributed by atoms with Crippen LogP contribution in [0.1, 0.15) is 10.4 Å². The highest BCUT2D eigenvalue weighted by molar-refractivity contribution is 7.10. The molecule has 0 aliphatic rings. The lowest BCUT2D eigenvalue weighted by Crippen LogP contribution is -1.99. The maximum atomic E-state index is 8.95. The van der Waals surface area contributed by atoms with Gasteiger partial charge in [0.15, 0.2) is 5.15 Å². The fourth-order valence-corrected chi connectivity index (χ4v) is 2.90. The van der Waals surface area contributed by atoms with E-state index >= 15 is 0 Å². The van der Waals surface area contributed by atoms with Crippen LogP contribution in [0.3, 0.4) is 0 Å². The van der Waals surface area contributed by atoms with Crippen LogP contribution in [-0.4, -0.2) is 15.3 Å². The van der Waals surface area contributed by atoms with Gasteiger partial charge >= 0.3 is 0 Å². The molecule has 15 heavy (non-hydrogen) atoms. The van der Waals surface area contributed by atoms with Crippen molar-refractivity contribution in [1.29, 1.82) is 0 Å². The summed E-state index contributed by atoms with van der Waals surface area (Å²) in [5.41, 5.74) is 1.19. The van der Waals surface area contributed by atoms with Crippen LogP contribution < -0.4 is 0 Å². The van der Waals surface area contributed by atoms with Crippen LogP contribution >= 0.6 is 46.1 Å². The number of thiophene rings is 1. The molecule has 0 aliphatic heterocycles. The summed E-state index contributed by atoms with van der Waals surface area (Å²) in [5, 5.41) is 16.5. The monoisotopic (exact) mass is 278 g/mol. The first kappa shape index (κ1) is 10.9. The molecule has 3 nitrogen and oxygen atoms in total. The Balaban J connectivity index is 2.50. The molecular weight excluding hydrogens is 275 g/mol. The third-order valence-electron chi connectivity index (χ3n) is 1.71. The SMILES string of the molecule is O/N=C(\c1ccsc1)c1snc(Cl)c1Cl. The van der Waals surface area contributed by atoms with Crippen LogP contribution in [0.5, 0.6) is 0 Å². The van der Waals surface area contributed by atoms with Crippen molar-refractivity contribution in [3.63, 3.8) is 0 Å². The maximum Gasteiger partial charge on any atom is 0.162 e. The predicted octanol–water partition coefficient (Wildman–Crippen LogP) is 3.74. The molecule has 2 heterocycles. The van der Waals surface area contributed by atoms with Crippen LogP contribution in [-0.2, 0) is 0 Å². The quantitative estimate of drug-likeness (QED) is 0.517. The van der Waals surface area contributed by atoms with Gasteiger partial charge in [0.2, 0.25) is 0 Å². The summed E-state index contributed by atoms with van der Waals surface area (Å²) >= 11 is 14.3. The zero-order valence-corrected chi connectivity index (χ0v) is 10.3. The summed E-state index contributed by atoms with van der Waals surface area (Å²) in [5.74, 6) is 0. The van der Waals surface area contributed by atoms with Gasteiger partial charge in [-0.05, 0) is 23.0 Å². The van der Waals surface area contributed by atoms with E-state index in [1.165, 1.54) is 11.3 Å². The van der Waals surface area contributed by atoms with E-state index in [1.807, 2.05) is 16.8 Å². The fourth-order valence-electron chi connectivity index (χ4n) is 1.04. The third kappa shape index (κ3) is 2.01. The lowest BCUT2D eigenvalue weighted by atomic mass is 10.2. The first-order valence-corrected chi connectivity index (χ1v) is 6.27. The van der Waals surface area contributed by atoms with Crippen molar-refractivity contribution in [3.05, 3.63) is 37.4 Å². The first-order chi connectivity index (χ1) is 7.24. The molecule has 78 valence electrons. The second kappa shape index (κ2) is 4.49. The molecule has 0 aliphatic carbocycles. The summed E-state index contributed by atoms with van der Waals surface area (Å²) in [7, 11) is 0. The molecule has 1 N–H and O–H groups in total. The number of hydrogen-bond donors (Lipinski definition) is 1. The molecule has 7 heteroatoms. The molecule has 2 aromatic heterocycles. The molecule has 0 fully saturated rings. The largest absolute Gasteiger partial charge is 0.410 e. The van der Waals surface area contributed by atoms with Gasteiger partial charge in [-0.25, -0.2) is 0 Å². The van der Waals surface area contributed by atoms with Crippen molar-refractivity contribution in [2.45, 2.75) is 0 Å². The molecule has 2 aromatic rings. The molecular formula is C8H4Cl2N2OS2. The minimum atomic E-state index is 0.230. The Morgan fingerprint density at radius 1 is 1.47 bits per heavy atom. The molecule has 0 saturated carbocycles. The number of halogens is 2. The number of aromatic nitrogens is 1. The standard InChI is InChI=1S/C8H4Cl2N2OS2/c9-5-7(15-12-8(5)10)6(11-13)4-1-2-14-3-4/h1-3,13H/b11-6+. The van der Waals surface area contributed by atoms with Crippen molar-refractivity contribution in [3.8, 4) is 0 Å². The Hall–Kier alpha value is -0.620. The van der Waals surface area contributed by atoms with Gasteiger partial charge in [-0.15, -0.1) is 0 Å². The second-order valence-electron chi connectivity index (χ2n) is 2.58. The number of oxime groups is 1. The molecule has 0 amide bonds. The Morgan fingerprint density at radius 2 is 2.27 bits per heavy atom. The normalized spacial score (nSPS) is 12.0. The highest BCUT2D eigenvalue weighted by atomic mass is 35.5. The van der Waals surface area contributed by atoms with Gasteiger partial charge in [-0.2, -0.15) is 15.7 Å². The highest BCUT2D eigenvalue weighted by Gasteiger charge is 2.17. The van der Waals surface area contributed by atoms with Gasteiger partial charge in [0, 0.05) is 10.9 Å². The van der Waals surface area contributed by atoms with Crippen molar-refractivity contribution in [2.75, 3.05) is 0 Å². The van der Waals surface area contributed by atoms with Gasteiger partial charge in [0.1, 0.15) is 10.7 Å². The van der Waals surface area contributed by atoms with Crippen LogP contribution in [0, 0.1) is 0 Å². The summed E-state index contributed by atoms with van der Waals surface area (Å²) in [6.07, 6.45) is 0. The number of rotatable bonds is 2. The summed E-state index contributed by atoms with van der Waals surface area (Å²) in [6, 6.07) is 1.84. The van der Waals surface area contributed by atoms with Crippen LogP contribution in [0.25, 0.3) is 0 Å². The Morgan fingerprint density at radius 3 is 2.73 bits per heavy atom. The molecule has 0 bridgehead atoms. The molecule has 2 rings (SSSR count). The first-order valence-electron chi connectivity index (χ1n) is 3.79. The Bertz CT molecular complexity index is 493. The summed E-state index contributed by atoms with van der Waals surface area (Å²) in [6.45, 7) is 0. The topological polar surface area (TPSA) is 45.5 Å². The van der Waals surface area contributed by atoms with Gasteiger partial charge < -0.3 is 5.21 Å². The lowest BCUT2D eigenvalue weighted by molar-refractivity contribution is 0.320. The van der Waals surface area contributed by atoms with E-state index in [0.29, 0.717) is 15.6 Å². The zero-order valence-electron chi connectivity index (χ0n) is 7.15. The Kier molecular flexibility index (Phi) is 3.25. The van der Waals surface area contributed by atoms with Crippen molar-refractivity contribution < 1.29 is 5.21 Å². The second-order valence-corrected chi connectivity index (χ2v) is 4.87. The number of nitrogens with zero attached hydrogens (tertiary/aromatic N) is 2. The lowest BCUT2D eigenvalue weighted by Gasteiger charge is -1.97. The molecule has 0 saturated heterocycles. The fraction of sp³-hybridized carbons (Fsp3) is 0. The van der Waals surface area contributed by atoms with Crippen molar-refractivity contribution in [2.24, 2.45) is 5.16 Å². The van der Waals surface area contributed by atoms with Gasteiger partial charge in [0.05, 0.1) is 4.88 Å².